The quantitative estimate of drug-likeness (QED) is 0.585. The van der Waals surface area contributed by atoms with E-state index in [1.807, 2.05) is 39.8 Å². The van der Waals surface area contributed by atoms with Crippen molar-refractivity contribution >= 4 is 17.5 Å². The van der Waals surface area contributed by atoms with Crippen molar-refractivity contribution in [2.45, 2.75) is 33.2 Å². The topological polar surface area (TPSA) is 96.2 Å². The first kappa shape index (κ1) is 17.1. The Balaban J connectivity index is 3.10. The lowest BCUT2D eigenvalue weighted by molar-refractivity contribution is -0.385. The molecule has 0 aliphatic heterocycles. The second kappa shape index (κ2) is 6.66. The van der Waals surface area contributed by atoms with Gasteiger partial charge in [-0.25, -0.2) is 4.98 Å². The number of nitrogens with one attached hydrogen (secondary N) is 2. The van der Waals surface area contributed by atoms with E-state index in [1.165, 1.54) is 0 Å². The number of aromatic nitrogens is 2. The summed E-state index contributed by atoms with van der Waals surface area (Å²) in [5.74, 6) is 0.643. The van der Waals surface area contributed by atoms with Gasteiger partial charge in [-0.1, -0.05) is 0 Å². The maximum atomic E-state index is 11.2. The summed E-state index contributed by atoms with van der Waals surface area (Å²) in [6.07, 6.45) is 0. The highest BCUT2D eigenvalue weighted by atomic mass is 16.6. The Hall–Kier alpha value is -1.96. The van der Waals surface area contributed by atoms with Crippen LogP contribution in [-0.2, 0) is 0 Å². The number of likely N-dealkylation sites (N-methyl/N-ethyl adjacent to an activating group) is 1. The van der Waals surface area contributed by atoms with Gasteiger partial charge in [0.2, 0.25) is 11.8 Å². The maximum Gasteiger partial charge on any atom is 0.332 e. The first-order valence-corrected chi connectivity index (χ1v) is 6.87. The highest BCUT2D eigenvalue weighted by Gasteiger charge is 2.25. The molecule has 2 N–H and O–H groups in total. The first-order valence-electron chi connectivity index (χ1n) is 6.87. The van der Waals surface area contributed by atoms with Crippen LogP contribution in [-0.4, -0.2) is 52.5 Å². The van der Waals surface area contributed by atoms with Crippen LogP contribution in [0, 0.1) is 17.0 Å². The molecule has 0 atom stereocenters. The van der Waals surface area contributed by atoms with Gasteiger partial charge >= 0.3 is 5.69 Å². The van der Waals surface area contributed by atoms with Crippen molar-refractivity contribution in [2.24, 2.45) is 0 Å². The fraction of sp³-hybridized carbons (Fsp3) is 0.692. The van der Waals surface area contributed by atoms with Crippen LogP contribution in [0.2, 0.25) is 0 Å². The summed E-state index contributed by atoms with van der Waals surface area (Å²) >= 11 is 0. The van der Waals surface area contributed by atoms with Gasteiger partial charge in [0.05, 0.1) is 4.92 Å². The Labute approximate surface area is 125 Å². The van der Waals surface area contributed by atoms with Crippen molar-refractivity contribution in [1.82, 2.24) is 14.9 Å². The normalized spacial score (nSPS) is 11.6. The van der Waals surface area contributed by atoms with E-state index >= 15 is 0 Å². The molecule has 1 aromatic rings. The lowest BCUT2D eigenvalue weighted by Crippen LogP contribution is -2.44. The molecule has 8 heteroatoms. The van der Waals surface area contributed by atoms with Crippen molar-refractivity contribution in [3.63, 3.8) is 0 Å². The molecule has 0 saturated heterocycles. The number of nitro groups is 1. The molecule has 0 radical (unpaired) electrons. The molecule has 8 nitrogen and oxygen atoms in total. The molecular weight excluding hydrogens is 272 g/mol. The third-order valence-corrected chi connectivity index (χ3v) is 3.47. The molecule has 0 bridgehead atoms. The zero-order chi connectivity index (χ0) is 16.2. The van der Waals surface area contributed by atoms with Gasteiger partial charge in [-0.2, -0.15) is 4.98 Å². The second-order valence-corrected chi connectivity index (χ2v) is 5.68. The molecule has 0 unspecified atom stereocenters. The zero-order valence-electron chi connectivity index (χ0n) is 13.5. The van der Waals surface area contributed by atoms with E-state index in [4.69, 9.17) is 0 Å². The maximum absolute atomic E-state index is 11.2. The second-order valence-electron chi connectivity index (χ2n) is 5.68. The molecule has 0 saturated carbocycles. The molecule has 0 aromatic carbocycles. The summed E-state index contributed by atoms with van der Waals surface area (Å²) in [5.41, 5.74) is 0.104. The highest BCUT2D eigenvalue weighted by molar-refractivity contribution is 5.61. The SMILES string of the molecule is CCNc1nc(C)c([N+](=O)[O-])c(NCC(C)(C)N(C)C)n1. The van der Waals surface area contributed by atoms with Crippen molar-refractivity contribution in [1.29, 1.82) is 0 Å². The van der Waals surface area contributed by atoms with Crippen LogP contribution in [0.15, 0.2) is 0 Å². The fourth-order valence-corrected chi connectivity index (χ4v) is 1.60. The Morgan fingerprint density at radius 2 is 1.90 bits per heavy atom. The molecule has 118 valence electrons. The standard InChI is InChI=1S/C13H24N6O2/c1-7-14-12-16-9(2)10(19(20)21)11(17-12)15-8-13(3,4)18(5)6/h7-8H2,1-6H3,(H2,14,15,16,17). The molecule has 0 fully saturated rings. The van der Waals surface area contributed by atoms with Crippen molar-refractivity contribution in [2.75, 3.05) is 37.8 Å². The van der Waals surface area contributed by atoms with E-state index < -0.39 is 4.92 Å². The number of anilines is 2. The number of rotatable bonds is 7. The summed E-state index contributed by atoms with van der Waals surface area (Å²) < 4.78 is 0. The Morgan fingerprint density at radius 3 is 2.38 bits per heavy atom. The van der Waals surface area contributed by atoms with Gasteiger partial charge < -0.3 is 15.5 Å². The smallest absolute Gasteiger partial charge is 0.332 e. The van der Waals surface area contributed by atoms with Gasteiger partial charge in [0.25, 0.3) is 0 Å². The van der Waals surface area contributed by atoms with Gasteiger partial charge in [-0.3, -0.25) is 10.1 Å². The molecule has 1 aromatic heterocycles. The molecular formula is C13H24N6O2. The van der Waals surface area contributed by atoms with Crippen molar-refractivity contribution in [3.8, 4) is 0 Å². The fourth-order valence-electron chi connectivity index (χ4n) is 1.60. The number of aryl methyl sites for hydroxylation is 1. The van der Waals surface area contributed by atoms with E-state index in [-0.39, 0.29) is 17.0 Å². The third-order valence-electron chi connectivity index (χ3n) is 3.47. The van der Waals surface area contributed by atoms with Crippen LogP contribution < -0.4 is 10.6 Å². The van der Waals surface area contributed by atoms with Gasteiger partial charge in [-0.15, -0.1) is 0 Å². The lowest BCUT2D eigenvalue weighted by atomic mass is 10.0. The third kappa shape index (κ3) is 4.25. The van der Waals surface area contributed by atoms with Crippen LogP contribution in [0.1, 0.15) is 26.5 Å². The molecule has 0 amide bonds. The molecule has 0 spiro atoms. The Kier molecular flexibility index (Phi) is 5.42. The minimum absolute atomic E-state index is 0.0776. The number of hydrogen-bond acceptors (Lipinski definition) is 7. The van der Waals surface area contributed by atoms with E-state index in [1.54, 1.807) is 6.92 Å². The van der Waals surface area contributed by atoms with Crippen LogP contribution in [0.25, 0.3) is 0 Å². The van der Waals surface area contributed by atoms with Gasteiger partial charge in [0.15, 0.2) is 0 Å². The average Bonchev–Trinajstić information content (AvgIpc) is 2.35. The summed E-state index contributed by atoms with van der Waals surface area (Å²) in [6.45, 7) is 8.81. The van der Waals surface area contributed by atoms with Gasteiger partial charge in [0.1, 0.15) is 5.69 Å². The van der Waals surface area contributed by atoms with E-state index in [9.17, 15) is 10.1 Å². The number of hydrogen-bond donors (Lipinski definition) is 2. The predicted molar refractivity (Wildman–Crippen MR) is 83.8 cm³/mol. The molecule has 21 heavy (non-hydrogen) atoms. The Bertz CT molecular complexity index is 516. The summed E-state index contributed by atoms with van der Waals surface area (Å²) in [7, 11) is 3.93. The zero-order valence-corrected chi connectivity index (χ0v) is 13.5. The van der Waals surface area contributed by atoms with E-state index in [2.05, 4.69) is 20.6 Å². The van der Waals surface area contributed by atoms with E-state index in [0.717, 1.165) is 0 Å². The predicted octanol–water partition coefficient (Wildman–Crippen LogP) is 1.88. The van der Waals surface area contributed by atoms with Crippen LogP contribution in [0.5, 0.6) is 0 Å². The van der Waals surface area contributed by atoms with Crippen molar-refractivity contribution in [3.05, 3.63) is 15.8 Å². The lowest BCUT2D eigenvalue weighted by Gasteiger charge is -2.32. The summed E-state index contributed by atoms with van der Waals surface area (Å²) in [5, 5.41) is 17.3. The van der Waals surface area contributed by atoms with Crippen LogP contribution >= 0.6 is 0 Å². The van der Waals surface area contributed by atoms with Crippen LogP contribution in [0.3, 0.4) is 0 Å². The monoisotopic (exact) mass is 296 g/mol. The highest BCUT2D eigenvalue weighted by Crippen LogP contribution is 2.27. The molecule has 0 aliphatic carbocycles. The average molecular weight is 296 g/mol. The number of nitrogens with zero attached hydrogens (tertiary/aromatic N) is 4. The van der Waals surface area contributed by atoms with Gasteiger partial charge in [-0.05, 0) is 41.8 Å². The van der Waals surface area contributed by atoms with Gasteiger partial charge in [0, 0.05) is 18.6 Å². The van der Waals surface area contributed by atoms with Crippen molar-refractivity contribution < 1.29 is 4.92 Å². The minimum Gasteiger partial charge on any atom is -0.362 e. The summed E-state index contributed by atoms with van der Waals surface area (Å²) in [6, 6.07) is 0. The van der Waals surface area contributed by atoms with E-state index in [0.29, 0.717) is 24.7 Å². The Morgan fingerprint density at radius 1 is 1.29 bits per heavy atom. The molecule has 1 heterocycles. The first-order chi connectivity index (χ1) is 9.69. The largest absolute Gasteiger partial charge is 0.362 e. The summed E-state index contributed by atoms with van der Waals surface area (Å²) in [4.78, 5) is 21.1. The molecule has 0 aliphatic rings. The molecule has 1 rings (SSSR count). The van der Waals surface area contributed by atoms with Crippen LogP contribution in [0.4, 0.5) is 17.5 Å². The minimum atomic E-state index is -0.448.